The van der Waals surface area contributed by atoms with Crippen molar-refractivity contribution < 1.29 is 9.84 Å². The Morgan fingerprint density at radius 2 is 1.71 bits per heavy atom. The van der Waals surface area contributed by atoms with E-state index in [1.165, 1.54) is 0 Å². The van der Waals surface area contributed by atoms with Crippen molar-refractivity contribution in [2.45, 2.75) is 25.9 Å². The lowest BCUT2D eigenvalue weighted by Crippen LogP contribution is -2.30. The van der Waals surface area contributed by atoms with Gasteiger partial charge in [0.25, 0.3) is 0 Å². The number of hydrogen-bond acceptors (Lipinski definition) is 7. The lowest BCUT2D eigenvalue weighted by Gasteiger charge is -2.16. The summed E-state index contributed by atoms with van der Waals surface area (Å²) in [6, 6.07) is 17.5. The van der Waals surface area contributed by atoms with Gasteiger partial charge in [-0.15, -0.1) is 0 Å². The fraction of sp³-hybridized carbons (Fsp3) is 0.333. The largest absolute Gasteiger partial charge is 0.491 e. The van der Waals surface area contributed by atoms with Crippen molar-refractivity contribution in [3.63, 3.8) is 0 Å². The van der Waals surface area contributed by atoms with Gasteiger partial charge in [-0.25, -0.2) is 4.98 Å². The van der Waals surface area contributed by atoms with Crippen molar-refractivity contribution in [3.8, 4) is 5.75 Å². The zero-order valence-corrected chi connectivity index (χ0v) is 18.4. The Hall–Kier alpha value is -3.16. The Bertz CT molecular complexity index is 932. The van der Waals surface area contributed by atoms with Crippen molar-refractivity contribution in [1.29, 1.82) is 0 Å². The second-order valence-corrected chi connectivity index (χ2v) is 7.68. The van der Waals surface area contributed by atoms with Crippen LogP contribution in [0.15, 0.2) is 60.8 Å². The Morgan fingerprint density at radius 3 is 2.39 bits per heavy atom. The van der Waals surface area contributed by atoms with Crippen LogP contribution in [0, 0.1) is 0 Å². The normalized spacial score (nSPS) is 11.9. The molecule has 1 heterocycles. The number of nitrogens with one attached hydrogen (secondary N) is 2. The van der Waals surface area contributed by atoms with Crippen LogP contribution in [0.4, 0.5) is 23.1 Å². The summed E-state index contributed by atoms with van der Waals surface area (Å²) in [5, 5.41) is 16.6. The topological polar surface area (TPSA) is 82.5 Å². The van der Waals surface area contributed by atoms with Gasteiger partial charge < -0.3 is 25.4 Å². The van der Waals surface area contributed by atoms with E-state index in [2.05, 4.69) is 27.5 Å². The molecular formula is C24H31N5O2. The minimum absolute atomic E-state index is 0.251. The van der Waals surface area contributed by atoms with Gasteiger partial charge in [0.15, 0.2) is 0 Å². The molecule has 3 rings (SSSR count). The van der Waals surface area contributed by atoms with Crippen LogP contribution in [0.1, 0.15) is 18.9 Å². The number of nitrogens with zero attached hydrogens (tertiary/aromatic N) is 3. The lowest BCUT2D eigenvalue weighted by molar-refractivity contribution is 0.0831. The summed E-state index contributed by atoms with van der Waals surface area (Å²) in [5.41, 5.74) is 2.93. The highest BCUT2D eigenvalue weighted by molar-refractivity contribution is 5.62. The van der Waals surface area contributed by atoms with Crippen LogP contribution in [-0.4, -0.2) is 53.3 Å². The summed E-state index contributed by atoms with van der Waals surface area (Å²) < 4.78 is 5.66. The van der Waals surface area contributed by atoms with Gasteiger partial charge in [0.2, 0.25) is 5.95 Å². The highest BCUT2D eigenvalue weighted by Crippen LogP contribution is 2.23. The summed E-state index contributed by atoms with van der Waals surface area (Å²) in [4.78, 5) is 11.1. The van der Waals surface area contributed by atoms with Crippen molar-refractivity contribution >= 4 is 23.1 Å². The van der Waals surface area contributed by atoms with E-state index in [1.54, 1.807) is 0 Å². The number of aliphatic hydroxyl groups is 1. The first-order valence-electron chi connectivity index (χ1n) is 10.5. The predicted molar refractivity (Wildman–Crippen MR) is 126 cm³/mol. The van der Waals surface area contributed by atoms with Crippen LogP contribution in [0.3, 0.4) is 0 Å². The van der Waals surface area contributed by atoms with Crippen molar-refractivity contribution in [1.82, 2.24) is 14.9 Å². The van der Waals surface area contributed by atoms with E-state index < -0.39 is 6.10 Å². The molecule has 0 aliphatic carbocycles. The fourth-order valence-corrected chi connectivity index (χ4v) is 3.12. The lowest BCUT2D eigenvalue weighted by atomic mass is 10.2. The van der Waals surface area contributed by atoms with Crippen LogP contribution < -0.4 is 15.4 Å². The third-order valence-electron chi connectivity index (χ3n) is 4.55. The molecule has 7 nitrogen and oxygen atoms in total. The number of benzene rings is 2. The van der Waals surface area contributed by atoms with Crippen LogP contribution in [-0.2, 0) is 6.42 Å². The van der Waals surface area contributed by atoms with Crippen LogP contribution in [0.25, 0.3) is 0 Å². The van der Waals surface area contributed by atoms with Gasteiger partial charge in [-0.3, -0.25) is 0 Å². The average Bonchev–Trinajstić information content (AvgIpc) is 2.75. The molecule has 0 amide bonds. The summed E-state index contributed by atoms with van der Waals surface area (Å²) in [6.45, 7) is 2.95. The molecule has 0 saturated heterocycles. The molecule has 0 aliphatic heterocycles. The van der Waals surface area contributed by atoms with E-state index in [9.17, 15) is 5.11 Å². The molecule has 1 unspecified atom stereocenters. The van der Waals surface area contributed by atoms with Gasteiger partial charge in [-0.1, -0.05) is 31.5 Å². The SMILES string of the molecule is CCCc1cnc(Nc2ccc(OCC(O)CN(C)C)cc2)nc1Nc1ccccc1. The number of rotatable bonds is 11. The first kappa shape index (κ1) is 22.5. The number of aryl methyl sites for hydroxylation is 1. The molecule has 0 bridgehead atoms. The molecule has 0 spiro atoms. The Morgan fingerprint density at radius 1 is 1.00 bits per heavy atom. The molecule has 2 aromatic carbocycles. The number of aliphatic hydroxyl groups excluding tert-OH is 1. The van der Waals surface area contributed by atoms with E-state index in [0.29, 0.717) is 18.2 Å². The average molecular weight is 422 g/mol. The fourth-order valence-electron chi connectivity index (χ4n) is 3.12. The smallest absolute Gasteiger partial charge is 0.229 e. The highest BCUT2D eigenvalue weighted by Gasteiger charge is 2.09. The van der Waals surface area contributed by atoms with Gasteiger partial charge in [-0.2, -0.15) is 4.98 Å². The molecule has 7 heteroatoms. The van der Waals surface area contributed by atoms with E-state index in [4.69, 9.17) is 4.74 Å². The number of hydrogen-bond donors (Lipinski definition) is 3. The molecule has 1 atom stereocenters. The van der Waals surface area contributed by atoms with Crippen molar-refractivity contribution in [2.75, 3.05) is 37.9 Å². The Balaban J connectivity index is 1.65. The van der Waals surface area contributed by atoms with Crippen molar-refractivity contribution in [2.24, 2.45) is 0 Å². The summed E-state index contributed by atoms with van der Waals surface area (Å²) >= 11 is 0. The molecule has 1 aromatic heterocycles. The second kappa shape index (κ2) is 11.3. The molecular weight excluding hydrogens is 390 g/mol. The zero-order valence-electron chi connectivity index (χ0n) is 18.4. The molecule has 0 saturated carbocycles. The Kier molecular flexibility index (Phi) is 8.20. The van der Waals surface area contributed by atoms with Gasteiger partial charge in [-0.05, 0) is 56.9 Å². The third kappa shape index (κ3) is 7.24. The molecule has 31 heavy (non-hydrogen) atoms. The number of para-hydroxylation sites is 1. The van der Waals surface area contributed by atoms with Gasteiger partial charge in [0.1, 0.15) is 24.3 Å². The first-order valence-corrected chi connectivity index (χ1v) is 10.5. The highest BCUT2D eigenvalue weighted by atomic mass is 16.5. The predicted octanol–water partition coefficient (Wildman–Crippen LogP) is 4.22. The Labute approximate surface area is 184 Å². The van der Waals surface area contributed by atoms with Crippen LogP contribution in [0.2, 0.25) is 0 Å². The third-order valence-corrected chi connectivity index (χ3v) is 4.55. The van der Waals surface area contributed by atoms with Crippen LogP contribution >= 0.6 is 0 Å². The van der Waals surface area contributed by atoms with E-state index >= 15 is 0 Å². The van der Waals surface area contributed by atoms with E-state index in [-0.39, 0.29) is 6.61 Å². The molecule has 3 N–H and O–H groups in total. The minimum Gasteiger partial charge on any atom is -0.491 e. The van der Waals surface area contributed by atoms with Gasteiger partial charge in [0, 0.05) is 29.7 Å². The number of anilines is 4. The molecule has 0 radical (unpaired) electrons. The van der Waals surface area contributed by atoms with Crippen molar-refractivity contribution in [3.05, 3.63) is 66.4 Å². The quantitative estimate of drug-likeness (QED) is 0.428. The second-order valence-electron chi connectivity index (χ2n) is 7.68. The molecule has 3 aromatic rings. The zero-order chi connectivity index (χ0) is 22.1. The maximum absolute atomic E-state index is 9.92. The van der Waals surface area contributed by atoms with E-state index in [1.807, 2.05) is 79.8 Å². The monoisotopic (exact) mass is 421 g/mol. The summed E-state index contributed by atoms with van der Waals surface area (Å²) in [7, 11) is 3.84. The number of likely N-dealkylation sites (N-methyl/N-ethyl adjacent to an activating group) is 1. The summed E-state index contributed by atoms with van der Waals surface area (Å²) in [5.74, 6) is 2.03. The standard InChI is InChI=1S/C24H31N5O2/c1-4-8-18-15-25-24(28-23(18)26-19-9-6-5-7-10-19)27-20-11-13-22(14-12-20)31-17-21(30)16-29(2)3/h5-7,9-15,21,30H,4,8,16-17H2,1-3H3,(H2,25,26,27,28). The molecule has 0 fully saturated rings. The van der Waals surface area contributed by atoms with Crippen LogP contribution in [0.5, 0.6) is 5.75 Å². The molecule has 0 aliphatic rings. The maximum Gasteiger partial charge on any atom is 0.229 e. The van der Waals surface area contributed by atoms with E-state index in [0.717, 1.165) is 35.6 Å². The van der Waals surface area contributed by atoms with Gasteiger partial charge in [0.05, 0.1) is 0 Å². The number of ether oxygens (including phenoxy) is 1. The molecule has 164 valence electrons. The maximum atomic E-state index is 9.92. The summed E-state index contributed by atoms with van der Waals surface area (Å²) in [6.07, 6.45) is 3.26. The number of aromatic nitrogens is 2. The first-order chi connectivity index (χ1) is 15.0. The van der Waals surface area contributed by atoms with Gasteiger partial charge >= 0.3 is 0 Å². The minimum atomic E-state index is -0.529.